The van der Waals surface area contributed by atoms with Gasteiger partial charge in [-0.25, -0.2) is 4.98 Å². The normalized spacial score (nSPS) is 10.4. The maximum absolute atomic E-state index is 12.5. The molecule has 126 valence electrons. The molecule has 0 bridgehead atoms. The number of aromatic nitrogens is 2. The number of para-hydroxylation sites is 2. The molecule has 0 aliphatic carbocycles. The van der Waals surface area contributed by atoms with E-state index in [1.54, 1.807) is 0 Å². The molecule has 0 amide bonds. The van der Waals surface area contributed by atoms with Crippen molar-refractivity contribution in [1.82, 2.24) is 9.55 Å². The fourth-order valence-electron chi connectivity index (χ4n) is 2.51. The highest BCUT2D eigenvalue weighted by Gasteiger charge is 2.14. The first-order valence-electron chi connectivity index (χ1n) is 7.68. The molecule has 0 aliphatic heterocycles. The number of Topliss-reactive ketones (excluding diaryl/α,β-unsaturated/α-hetero) is 1. The van der Waals surface area contributed by atoms with Crippen molar-refractivity contribution >= 4 is 39.7 Å². The van der Waals surface area contributed by atoms with Crippen molar-refractivity contribution in [3.63, 3.8) is 0 Å². The number of halogens is 1. The quantitative estimate of drug-likeness (QED) is 0.480. The molecule has 0 unspecified atom stereocenters. The minimum absolute atomic E-state index is 0. The van der Waals surface area contributed by atoms with Crippen LogP contribution in [0, 0.1) is 0 Å². The molecule has 6 heteroatoms. The van der Waals surface area contributed by atoms with Crippen LogP contribution in [0.15, 0.2) is 54.6 Å². The molecular formula is C18H20BrN3O2. The molecule has 0 saturated carbocycles. The number of fused-ring (bicyclic) bond motifs is 1. The summed E-state index contributed by atoms with van der Waals surface area (Å²) in [5, 5.41) is 12.1. The molecule has 5 nitrogen and oxygen atoms in total. The summed E-state index contributed by atoms with van der Waals surface area (Å²) in [4.78, 5) is 17.1. The first-order valence-corrected chi connectivity index (χ1v) is 7.68. The Morgan fingerprint density at radius 2 is 1.79 bits per heavy atom. The molecule has 0 radical (unpaired) electrons. The predicted octanol–water partition coefficient (Wildman–Crippen LogP) is 3.29. The van der Waals surface area contributed by atoms with Gasteiger partial charge in [-0.3, -0.25) is 4.79 Å². The third kappa shape index (κ3) is 4.01. The number of aliphatic hydroxyl groups is 1. The second kappa shape index (κ2) is 8.61. The van der Waals surface area contributed by atoms with Gasteiger partial charge in [0.1, 0.15) is 0 Å². The molecule has 0 saturated heterocycles. The summed E-state index contributed by atoms with van der Waals surface area (Å²) >= 11 is 0. The van der Waals surface area contributed by atoms with Crippen LogP contribution in [0.3, 0.4) is 0 Å². The number of benzene rings is 2. The average molecular weight is 390 g/mol. The highest BCUT2D eigenvalue weighted by Crippen LogP contribution is 2.20. The monoisotopic (exact) mass is 389 g/mol. The van der Waals surface area contributed by atoms with E-state index < -0.39 is 0 Å². The van der Waals surface area contributed by atoms with E-state index in [-0.39, 0.29) is 35.9 Å². The molecular weight excluding hydrogens is 370 g/mol. The maximum Gasteiger partial charge on any atom is 0.204 e. The molecule has 1 aromatic heterocycles. The standard InChI is InChI=1S/C18H19N3O2.BrH/c22-12-6-11-19-18-20-15-9-4-5-10-16(15)21(18)13-17(23)14-7-2-1-3-8-14;/h1-5,7-10,22H,6,11-13H2,(H,19,20);1H. The van der Waals surface area contributed by atoms with E-state index in [0.717, 1.165) is 11.0 Å². The van der Waals surface area contributed by atoms with Gasteiger partial charge < -0.3 is 15.0 Å². The maximum atomic E-state index is 12.5. The van der Waals surface area contributed by atoms with E-state index in [2.05, 4.69) is 10.3 Å². The lowest BCUT2D eigenvalue weighted by Gasteiger charge is -2.10. The Labute approximate surface area is 151 Å². The second-order valence-corrected chi connectivity index (χ2v) is 5.30. The number of hydrogen-bond donors (Lipinski definition) is 2. The summed E-state index contributed by atoms with van der Waals surface area (Å²) in [5.74, 6) is 0.697. The van der Waals surface area contributed by atoms with Crippen molar-refractivity contribution < 1.29 is 9.90 Å². The van der Waals surface area contributed by atoms with Gasteiger partial charge in [0, 0.05) is 18.7 Å². The fraction of sp³-hybridized carbons (Fsp3) is 0.222. The van der Waals surface area contributed by atoms with E-state index in [9.17, 15) is 4.79 Å². The highest BCUT2D eigenvalue weighted by molar-refractivity contribution is 8.93. The van der Waals surface area contributed by atoms with Crippen LogP contribution in [0.4, 0.5) is 5.95 Å². The van der Waals surface area contributed by atoms with Gasteiger partial charge in [-0.05, 0) is 18.6 Å². The number of nitrogens with zero attached hydrogens (tertiary/aromatic N) is 2. The third-order valence-corrected chi connectivity index (χ3v) is 3.67. The topological polar surface area (TPSA) is 67.2 Å². The number of nitrogens with one attached hydrogen (secondary N) is 1. The SMILES string of the molecule is Br.O=C(Cn1c(NCCCO)nc2ccccc21)c1ccccc1. The summed E-state index contributed by atoms with van der Waals surface area (Å²) < 4.78 is 1.89. The van der Waals surface area contributed by atoms with Crippen molar-refractivity contribution in [3.8, 4) is 0 Å². The molecule has 2 aromatic carbocycles. The Morgan fingerprint density at radius 3 is 2.54 bits per heavy atom. The number of aliphatic hydroxyl groups excluding tert-OH is 1. The summed E-state index contributed by atoms with van der Waals surface area (Å²) in [7, 11) is 0. The zero-order valence-electron chi connectivity index (χ0n) is 13.2. The average Bonchev–Trinajstić information content (AvgIpc) is 2.94. The summed E-state index contributed by atoms with van der Waals surface area (Å²) in [6.07, 6.45) is 0.635. The lowest BCUT2D eigenvalue weighted by Crippen LogP contribution is -2.15. The minimum atomic E-state index is 0. The molecule has 0 fully saturated rings. The first kappa shape index (κ1) is 18.2. The van der Waals surface area contributed by atoms with E-state index in [0.29, 0.717) is 24.5 Å². The Hall–Kier alpha value is -2.18. The van der Waals surface area contributed by atoms with Gasteiger partial charge in [0.2, 0.25) is 5.95 Å². The third-order valence-electron chi connectivity index (χ3n) is 3.67. The van der Waals surface area contributed by atoms with Crippen LogP contribution >= 0.6 is 17.0 Å². The smallest absolute Gasteiger partial charge is 0.204 e. The van der Waals surface area contributed by atoms with Crippen molar-refractivity contribution in [3.05, 3.63) is 60.2 Å². The van der Waals surface area contributed by atoms with E-state index in [1.165, 1.54) is 0 Å². The van der Waals surface area contributed by atoms with Crippen LogP contribution in [0.1, 0.15) is 16.8 Å². The van der Waals surface area contributed by atoms with Gasteiger partial charge >= 0.3 is 0 Å². The Morgan fingerprint density at radius 1 is 1.08 bits per heavy atom. The van der Waals surface area contributed by atoms with E-state index in [1.807, 2.05) is 59.2 Å². The molecule has 0 spiro atoms. The highest BCUT2D eigenvalue weighted by atomic mass is 79.9. The second-order valence-electron chi connectivity index (χ2n) is 5.30. The number of carbonyl (C=O) groups excluding carboxylic acids is 1. The van der Waals surface area contributed by atoms with Crippen LogP contribution in [0.5, 0.6) is 0 Å². The largest absolute Gasteiger partial charge is 0.396 e. The first-order chi connectivity index (χ1) is 11.3. The molecule has 3 aromatic rings. The van der Waals surface area contributed by atoms with Gasteiger partial charge in [-0.2, -0.15) is 0 Å². The van der Waals surface area contributed by atoms with Crippen LogP contribution in [-0.4, -0.2) is 33.6 Å². The Bertz CT molecular complexity index is 802. The lowest BCUT2D eigenvalue weighted by atomic mass is 10.1. The summed E-state index contributed by atoms with van der Waals surface area (Å²) in [6.45, 7) is 0.960. The van der Waals surface area contributed by atoms with Crippen LogP contribution < -0.4 is 5.32 Å². The molecule has 0 aliphatic rings. The predicted molar refractivity (Wildman–Crippen MR) is 101 cm³/mol. The van der Waals surface area contributed by atoms with Gasteiger partial charge in [-0.15, -0.1) is 17.0 Å². The van der Waals surface area contributed by atoms with E-state index in [4.69, 9.17) is 5.11 Å². The molecule has 0 atom stereocenters. The molecule has 2 N–H and O–H groups in total. The number of hydrogen-bond acceptors (Lipinski definition) is 4. The number of anilines is 1. The van der Waals surface area contributed by atoms with E-state index >= 15 is 0 Å². The van der Waals surface area contributed by atoms with Crippen LogP contribution in [-0.2, 0) is 6.54 Å². The number of rotatable bonds is 7. The summed E-state index contributed by atoms with van der Waals surface area (Å²) in [6, 6.07) is 17.0. The van der Waals surface area contributed by atoms with Gasteiger partial charge in [0.25, 0.3) is 0 Å². The number of ketones is 1. The zero-order chi connectivity index (χ0) is 16.1. The number of imidazole rings is 1. The van der Waals surface area contributed by atoms with Gasteiger partial charge in [0.15, 0.2) is 5.78 Å². The Balaban J connectivity index is 0.00000208. The fourth-order valence-corrected chi connectivity index (χ4v) is 2.51. The molecule has 3 rings (SSSR count). The molecule has 1 heterocycles. The van der Waals surface area contributed by atoms with Crippen molar-refractivity contribution in [2.45, 2.75) is 13.0 Å². The number of carbonyl (C=O) groups is 1. The van der Waals surface area contributed by atoms with Crippen molar-refractivity contribution in [2.75, 3.05) is 18.5 Å². The Kier molecular flexibility index (Phi) is 6.52. The van der Waals surface area contributed by atoms with Crippen molar-refractivity contribution in [1.29, 1.82) is 0 Å². The van der Waals surface area contributed by atoms with Crippen LogP contribution in [0.25, 0.3) is 11.0 Å². The van der Waals surface area contributed by atoms with Gasteiger partial charge in [-0.1, -0.05) is 42.5 Å². The minimum Gasteiger partial charge on any atom is -0.396 e. The lowest BCUT2D eigenvalue weighted by molar-refractivity contribution is 0.0974. The summed E-state index contributed by atoms with van der Waals surface area (Å²) in [5.41, 5.74) is 2.45. The van der Waals surface area contributed by atoms with Gasteiger partial charge in [0.05, 0.1) is 17.6 Å². The van der Waals surface area contributed by atoms with Crippen molar-refractivity contribution in [2.24, 2.45) is 0 Å². The van der Waals surface area contributed by atoms with Crippen LogP contribution in [0.2, 0.25) is 0 Å². The molecule has 24 heavy (non-hydrogen) atoms. The zero-order valence-corrected chi connectivity index (χ0v) is 14.9.